The molecule has 47 heavy (non-hydrogen) atoms. The Labute approximate surface area is 268 Å². The Morgan fingerprint density at radius 2 is 1.68 bits per heavy atom. The molecule has 5 N–H and O–H groups in total. The first-order chi connectivity index (χ1) is 22.2. The molecule has 0 bridgehead atoms. The molecule has 2 atom stereocenters. The molecule has 0 aliphatic carbocycles. The Morgan fingerprint density at radius 1 is 1.02 bits per heavy atom. The first-order valence-electron chi connectivity index (χ1n) is 13.6. The van der Waals surface area contributed by atoms with E-state index in [-0.39, 0.29) is 35.1 Å². The van der Waals surface area contributed by atoms with E-state index in [9.17, 15) is 41.4 Å². The number of carbonyl (C=O) groups excluding carboxylic acids is 1. The highest BCUT2D eigenvalue weighted by atomic mass is 32.2. The van der Waals surface area contributed by atoms with Gasteiger partial charge in [-0.1, -0.05) is 29.5 Å². The molecule has 5 aromatic rings. The van der Waals surface area contributed by atoms with Crippen molar-refractivity contribution in [1.29, 1.82) is 0 Å². The normalized spacial score (nSPS) is 13.3. The quantitative estimate of drug-likeness (QED) is 0.150. The molecule has 0 fully saturated rings. The molecule has 2 heterocycles. The lowest BCUT2D eigenvalue weighted by Gasteiger charge is -2.21. The highest BCUT2D eigenvalue weighted by Crippen LogP contribution is 2.30. The molecule has 2 unspecified atom stereocenters. The van der Waals surface area contributed by atoms with Gasteiger partial charge in [0.2, 0.25) is 10.2 Å². The summed E-state index contributed by atoms with van der Waals surface area (Å²) in [5.41, 5.74) is 0.680. The zero-order valence-electron chi connectivity index (χ0n) is 24.0. The van der Waals surface area contributed by atoms with E-state index in [2.05, 4.69) is 20.6 Å². The SMILES string of the molecule is NS(=O)(=O)c1nc2ccc(OCc3cn(C(Cc4ccc(O)cc4)C(=O)NC(Cc4ccc(C(F)(F)F)cc4)C(=O)O)nn3)cc2s1. The third kappa shape index (κ3) is 8.40. The van der Waals surface area contributed by atoms with Gasteiger partial charge in [0.05, 0.1) is 22.0 Å². The fourth-order valence-electron chi connectivity index (χ4n) is 4.48. The zero-order valence-corrected chi connectivity index (χ0v) is 25.6. The second kappa shape index (κ2) is 13.3. The Bertz CT molecular complexity index is 2010. The van der Waals surface area contributed by atoms with E-state index in [1.807, 2.05) is 0 Å². The second-order valence-corrected chi connectivity index (χ2v) is 13.1. The Balaban J connectivity index is 1.33. The van der Waals surface area contributed by atoms with Crippen LogP contribution in [0.5, 0.6) is 11.5 Å². The molecule has 0 saturated carbocycles. The number of halogens is 3. The summed E-state index contributed by atoms with van der Waals surface area (Å²) in [6, 6.07) is 12.1. The van der Waals surface area contributed by atoms with Crippen LogP contribution >= 0.6 is 11.3 Å². The fourth-order valence-corrected chi connectivity index (χ4v) is 6.16. The number of sulfonamides is 1. The van der Waals surface area contributed by atoms with Crippen LogP contribution in [0.25, 0.3) is 10.2 Å². The number of alkyl halides is 3. The average molecular weight is 691 g/mol. The number of carboxylic acid groups (broad SMARTS) is 1. The molecule has 0 aliphatic rings. The Kier molecular flexibility index (Phi) is 9.45. The number of carbonyl (C=O) groups is 2. The maximum atomic E-state index is 13.5. The van der Waals surface area contributed by atoms with Gasteiger partial charge in [0.25, 0.3) is 10.0 Å². The van der Waals surface area contributed by atoms with Crippen molar-refractivity contribution < 1.29 is 46.1 Å². The Morgan fingerprint density at radius 3 is 2.32 bits per heavy atom. The van der Waals surface area contributed by atoms with Crippen LogP contribution in [-0.2, 0) is 45.2 Å². The van der Waals surface area contributed by atoms with E-state index >= 15 is 0 Å². The zero-order chi connectivity index (χ0) is 33.9. The van der Waals surface area contributed by atoms with Crippen LogP contribution in [0.2, 0.25) is 0 Å². The molecule has 0 aliphatic heterocycles. The van der Waals surface area contributed by atoms with E-state index in [1.165, 1.54) is 23.0 Å². The summed E-state index contributed by atoms with van der Waals surface area (Å²) in [6.07, 6.45) is -3.40. The molecule has 0 spiro atoms. The van der Waals surface area contributed by atoms with Crippen LogP contribution in [0.3, 0.4) is 0 Å². The van der Waals surface area contributed by atoms with Crippen LogP contribution in [0.15, 0.2) is 77.3 Å². The number of nitrogens with two attached hydrogens (primary N) is 1. The van der Waals surface area contributed by atoms with E-state index in [0.717, 1.165) is 35.6 Å². The summed E-state index contributed by atoms with van der Waals surface area (Å²) in [7, 11) is -3.97. The third-order valence-electron chi connectivity index (χ3n) is 6.85. The molecule has 5 rings (SSSR count). The van der Waals surface area contributed by atoms with Gasteiger partial charge in [-0.05, 0) is 53.6 Å². The number of fused-ring (bicyclic) bond motifs is 1. The van der Waals surface area contributed by atoms with Gasteiger partial charge in [0.15, 0.2) is 0 Å². The number of hydrogen-bond acceptors (Lipinski definition) is 10. The van der Waals surface area contributed by atoms with Crippen LogP contribution in [0, 0.1) is 0 Å². The van der Waals surface area contributed by atoms with Gasteiger partial charge < -0.3 is 20.3 Å². The number of nitrogens with zero attached hydrogens (tertiary/aromatic N) is 4. The maximum absolute atomic E-state index is 13.5. The molecular weight excluding hydrogens is 665 g/mol. The van der Waals surface area contributed by atoms with Crippen molar-refractivity contribution in [2.75, 3.05) is 0 Å². The smallest absolute Gasteiger partial charge is 0.416 e. The second-order valence-electron chi connectivity index (χ2n) is 10.3. The predicted molar refractivity (Wildman–Crippen MR) is 161 cm³/mol. The number of nitrogens with one attached hydrogen (secondary N) is 1. The van der Waals surface area contributed by atoms with Gasteiger partial charge >= 0.3 is 12.1 Å². The summed E-state index contributed by atoms with van der Waals surface area (Å²) in [5, 5.41) is 35.2. The number of aromatic nitrogens is 4. The topological polar surface area (TPSA) is 200 Å². The van der Waals surface area contributed by atoms with E-state index in [4.69, 9.17) is 9.88 Å². The number of phenolic OH excluding ortho intramolecular Hbond substituents is 1. The summed E-state index contributed by atoms with van der Waals surface area (Å²) in [5.74, 6) is -1.79. The van der Waals surface area contributed by atoms with Gasteiger partial charge in [0, 0.05) is 12.8 Å². The van der Waals surface area contributed by atoms with Gasteiger partial charge in [0.1, 0.15) is 35.9 Å². The predicted octanol–water partition coefficient (Wildman–Crippen LogP) is 3.43. The van der Waals surface area contributed by atoms with E-state index in [0.29, 0.717) is 27.2 Å². The van der Waals surface area contributed by atoms with Crippen molar-refractivity contribution >= 4 is 43.5 Å². The number of thiazole rings is 1. The highest BCUT2D eigenvalue weighted by molar-refractivity contribution is 7.91. The highest BCUT2D eigenvalue weighted by Gasteiger charge is 2.31. The number of primary sulfonamides is 1. The average Bonchev–Trinajstić information content (AvgIpc) is 3.66. The number of rotatable bonds is 12. The lowest BCUT2D eigenvalue weighted by Crippen LogP contribution is -2.46. The van der Waals surface area contributed by atoms with Crippen LogP contribution in [0.4, 0.5) is 13.2 Å². The van der Waals surface area contributed by atoms with Crippen LogP contribution < -0.4 is 15.2 Å². The molecule has 3 aromatic carbocycles. The first-order valence-corrected chi connectivity index (χ1v) is 16.0. The number of ether oxygens (including phenoxy) is 1. The number of carboxylic acids is 1. The monoisotopic (exact) mass is 690 g/mol. The number of aromatic hydroxyl groups is 1. The molecule has 0 radical (unpaired) electrons. The minimum Gasteiger partial charge on any atom is -0.508 e. The maximum Gasteiger partial charge on any atom is 0.416 e. The Hall–Kier alpha value is -5.07. The molecule has 18 heteroatoms. The van der Waals surface area contributed by atoms with Crippen LogP contribution in [0.1, 0.15) is 28.4 Å². The van der Waals surface area contributed by atoms with Gasteiger partial charge in [-0.2, -0.15) is 13.2 Å². The lowest BCUT2D eigenvalue weighted by molar-refractivity contribution is -0.142. The van der Waals surface area contributed by atoms with Crippen molar-refractivity contribution in [3.05, 3.63) is 95.3 Å². The fraction of sp³-hybridized carbons (Fsp3) is 0.207. The number of benzene rings is 3. The minimum atomic E-state index is -4.56. The standard InChI is InChI=1S/C29H25F3N6O7S2/c30-29(31,32)18-5-1-16(2-6-18)11-23(27(41)42)34-26(40)24(12-17-3-7-20(39)8-4-17)38-14-19(36-37-38)15-45-21-9-10-22-25(13-21)46-28(35-22)47(33,43)44/h1-10,13-14,23-24,39H,11-12,15H2,(H,34,40)(H,41,42)(H2,33,43,44). The van der Waals surface area contributed by atoms with Gasteiger partial charge in [-0.15, -0.1) is 16.4 Å². The summed E-state index contributed by atoms with van der Waals surface area (Å²) in [6.45, 7) is -0.106. The summed E-state index contributed by atoms with van der Waals surface area (Å²) in [4.78, 5) is 29.6. The minimum absolute atomic E-state index is 0.00480. The largest absolute Gasteiger partial charge is 0.508 e. The molecule has 0 saturated heterocycles. The number of phenols is 1. The summed E-state index contributed by atoms with van der Waals surface area (Å²) >= 11 is 0.878. The van der Waals surface area contributed by atoms with E-state index in [1.54, 1.807) is 30.3 Å². The number of aliphatic carboxylic acids is 1. The van der Waals surface area contributed by atoms with E-state index < -0.39 is 45.7 Å². The molecule has 246 valence electrons. The lowest BCUT2D eigenvalue weighted by atomic mass is 10.0. The number of amides is 1. The van der Waals surface area contributed by atoms with Crippen molar-refractivity contribution in [2.45, 2.75) is 42.0 Å². The molecular formula is C29H25F3N6O7S2. The molecule has 2 aromatic heterocycles. The molecule has 1 amide bonds. The summed E-state index contributed by atoms with van der Waals surface area (Å²) < 4.78 is 69.4. The van der Waals surface area contributed by atoms with Crippen molar-refractivity contribution in [1.82, 2.24) is 25.3 Å². The van der Waals surface area contributed by atoms with Crippen LogP contribution in [-0.4, -0.2) is 56.5 Å². The van der Waals surface area contributed by atoms with Gasteiger partial charge in [-0.25, -0.2) is 28.0 Å². The molecule has 13 nitrogen and oxygen atoms in total. The number of hydrogen-bond donors (Lipinski definition) is 4. The third-order valence-corrected chi connectivity index (χ3v) is 9.19. The van der Waals surface area contributed by atoms with Gasteiger partial charge in [-0.3, -0.25) is 4.79 Å². The van der Waals surface area contributed by atoms with Crippen molar-refractivity contribution in [2.24, 2.45) is 5.14 Å². The van der Waals surface area contributed by atoms with Crippen molar-refractivity contribution in [3.8, 4) is 11.5 Å². The first kappa shape index (κ1) is 33.3. The van der Waals surface area contributed by atoms with Crippen molar-refractivity contribution in [3.63, 3.8) is 0 Å².